The number of hydrogen-bond acceptors (Lipinski definition) is 4. The van der Waals surface area contributed by atoms with Crippen LogP contribution < -0.4 is 0 Å². The van der Waals surface area contributed by atoms with Crippen LogP contribution in [0.3, 0.4) is 0 Å². The Morgan fingerprint density at radius 2 is 1.89 bits per heavy atom. The molecule has 1 unspecified atom stereocenters. The van der Waals surface area contributed by atoms with Crippen LogP contribution in [0.4, 0.5) is 0 Å². The van der Waals surface area contributed by atoms with E-state index in [2.05, 4.69) is 0 Å². The van der Waals surface area contributed by atoms with Crippen LogP contribution in [0.5, 0.6) is 0 Å². The third kappa shape index (κ3) is 1.65. The lowest BCUT2D eigenvalue weighted by atomic mass is 9.99. The Hall–Kier alpha value is -1.66. The van der Waals surface area contributed by atoms with Gasteiger partial charge >= 0.3 is 5.97 Å². The summed E-state index contributed by atoms with van der Waals surface area (Å²) < 4.78 is 24.2. The molecule has 0 fully saturated rings. The summed E-state index contributed by atoms with van der Waals surface area (Å²) >= 11 is 0. The molecule has 2 N–H and O–H groups in total. The van der Waals surface area contributed by atoms with Crippen molar-refractivity contribution < 1.29 is 23.4 Å². The average Bonchev–Trinajstić information content (AvgIpc) is 2.48. The van der Waals surface area contributed by atoms with Crippen molar-refractivity contribution in [3.63, 3.8) is 0 Å². The molecule has 0 amide bonds. The van der Waals surface area contributed by atoms with Gasteiger partial charge in [-0.15, -0.1) is 0 Å². The van der Waals surface area contributed by atoms with Crippen molar-refractivity contribution in [2.45, 2.75) is 24.8 Å². The van der Waals surface area contributed by atoms with Crippen LogP contribution >= 0.6 is 0 Å². The zero-order valence-corrected chi connectivity index (χ0v) is 10.7. The van der Waals surface area contributed by atoms with Crippen LogP contribution in [-0.4, -0.2) is 30.7 Å². The van der Waals surface area contributed by atoms with Crippen LogP contribution in [0.15, 0.2) is 28.0 Å². The molecule has 0 bridgehead atoms. The molecule has 1 atom stereocenters. The molecule has 6 heteroatoms. The lowest BCUT2D eigenvalue weighted by Crippen LogP contribution is -2.21. The first-order valence-electron chi connectivity index (χ1n) is 5.24. The Balaban J connectivity index is 2.77. The summed E-state index contributed by atoms with van der Waals surface area (Å²) in [5.41, 5.74) is 0.988. The number of rotatable bonds is 2. The minimum absolute atomic E-state index is 0.0440. The molecule has 0 saturated heterocycles. The molecule has 18 heavy (non-hydrogen) atoms. The Labute approximate surface area is 104 Å². The van der Waals surface area contributed by atoms with E-state index in [-0.39, 0.29) is 20.9 Å². The van der Waals surface area contributed by atoms with Gasteiger partial charge in [-0.25, -0.2) is 13.2 Å². The van der Waals surface area contributed by atoms with Crippen molar-refractivity contribution in [3.05, 3.63) is 34.2 Å². The minimum atomic E-state index is -3.68. The molecule has 0 saturated carbocycles. The number of aryl methyl sites for hydroxylation is 1. The van der Waals surface area contributed by atoms with Gasteiger partial charge in [0.2, 0.25) is 9.84 Å². The summed E-state index contributed by atoms with van der Waals surface area (Å²) in [7, 11) is -3.68. The van der Waals surface area contributed by atoms with E-state index in [9.17, 15) is 18.3 Å². The van der Waals surface area contributed by atoms with Gasteiger partial charge in [0.15, 0.2) is 6.10 Å². The molecule has 2 rings (SSSR count). The Morgan fingerprint density at radius 3 is 2.44 bits per heavy atom. The van der Waals surface area contributed by atoms with Gasteiger partial charge in [0.05, 0.1) is 9.80 Å². The smallest absolute Gasteiger partial charge is 0.337 e. The van der Waals surface area contributed by atoms with E-state index in [0.29, 0.717) is 0 Å². The molecule has 96 valence electrons. The van der Waals surface area contributed by atoms with Crippen LogP contribution in [0.25, 0.3) is 5.57 Å². The van der Waals surface area contributed by atoms with Crippen LogP contribution in [0.1, 0.15) is 18.1 Å². The van der Waals surface area contributed by atoms with Crippen LogP contribution in [0.2, 0.25) is 0 Å². The maximum absolute atomic E-state index is 12.1. The van der Waals surface area contributed by atoms with Gasteiger partial charge in [0.25, 0.3) is 0 Å². The van der Waals surface area contributed by atoms with E-state index in [1.54, 1.807) is 13.0 Å². The number of fused-ring (bicyclic) bond motifs is 1. The number of carbonyl (C=O) groups is 1. The first-order chi connectivity index (χ1) is 8.26. The molecule has 0 spiro atoms. The highest BCUT2D eigenvalue weighted by Crippen LogP contribution is 2.40. The monoisotopic (exact) mass is 268 g/mol. The molecule has 0 aromatic heterocycles. The van der Waals surface area contributed by atoms with Crippen molar-refractivity contribution in [2.24, 2.45) is 0 Å². The van der Waals surface area contributed by atoms with Gasteiger partial charge in [0.1, 0.15) is 0 Å². The Bertz CT molecular complexity index is 670. The number of aliphatic carboxylic acids is 1. The number of aliphatic hydroxyl groups excluding tert-OH is 1. The number of sulfone groups is 1. The molecule has 5 nitrogen and oxygen atoms in total. The number of allylic oxidation sites excluding steroid dienone is 1. The first-order valence-corrected chi connectivity index (χ1v) is 6.73. The van der Waals surface area contributed by atoms with Crippen molar-refractivity contribution in [1.82, 2.24) is 0 Å². The van der Waals surface area contributed by atoms with Gasteiger partial charge in [-0.1, -0.05) is 12.1 Å². The van der Waals surface area contributed by atoms with Gasteiger partial charge < -0.3 is 10.2 Å². The molecule has 1 aliphatic rings. The fraction of sp³-hybridized carbons (Fsp3) is 0.250. The zero-order valence-electron chi connectivity index (χ0n) is 9.84. The van der Waals surface area contributed by atoms with Gasteiger partial charge in [-0.05, 0) is 25.5 Å². The normalized spacial score (nSPS) is 18.6. The molecule has 0 radical (unpaired) electrons. The third-order valence-corrected chi connectivity index (χ3v) is 4.95. The molecule has 0 aliphatic carbocycles. The SMILES string of the molecule is CC1=C(C(O)C(=O)O)c2ccc(C)cc2S1(=O)=O. The van der Waals surface area contributed by atoms with Gasteiger partial charge in [-0.3, -0.25) is 0 Å². The summed E-state index contributed by atoms with van der Waals surface area (Å²) in [6.07, 6.45) is -1.83. The van der Waals surface area contributed by atoms with Crippen LogP contribution in [-0.2, 0) is 14.6 Å². The fourth-order valence-electron chi connectivity index (χ4n) is 2.04. The number of carboxylic acids is 1. The zero-order chi connectivity index (χ0) is 13.7. The van der Waals surface area contributed by atoms with E-state index < -0.39 is 21.9 Å². The summed E-state index contributed by atoms with van der Waals surface area (Å²) in [4.78, 5) is 10.8. The van der Waals surface area contributed by atoms with E-state index in [1.807, 2.05) is 0 Å². The van der Waals surface area contributed by atoms with Crippen LogP contribution in [0, 0.1) is 6.92 Å². The predicted octanol–water partition coefficient (Wildman–Crippen LogP) is 0.959. The second kappa shape index (κ2) is 3.93. The molecule has 1 heterocycles. The molecular weight excluding hydrogens is 256 g/mol. The summed E-state index contributed by atoms with van der Waals surface area (Å²) in [5.74, 6) is -1.46. The fourth-order valence-corrected chi connectivity index (χ4v) is 3.69. The number of carboxylic acid groups (broad SMARTS) is 1. The van der Waals surface area contributed by atoms with Gasteiger partial charge in [0, 0.05) is 11.1 Å². The number of hydrogen-bond donors (Lipinski definition) is 2. The quantitative estimate of drug-likeness (QED) is 0.833. The van der Waals surface area contributed by atoms with Crippen molar-refractivity contribution >= 4 is 21.4 Å². The second-order valence-corrected chi connectivity index (χ2v) is 6.27. The maximum atomic E-state index is 12.1. The molecule has 1 aromatic rings. The van der Waals surface area contributed by atoms with E-state index in [1.165, 1.54) is 19.1 Å². The van der Waals surface area contributed by atoms with E-state index >= 15 is 0 Å². The highest BCUT2D eigenvalue weighted by Gasteiger charge is 2.38. The topological polar surface area (TPSA) is 91.7 Å². The summed E-state index contributed by atoms with van der Waals surface area (Å²) in [6.45, 7) is 3.06. The molecule has 1 aliphatic heterocycles. The summed E-state index contributed by atoms with van der Waals surface area (Å²) in [6, 6.07) is 4.69. The lowest BCUT2D eigenvalue weighted by Gasteiger charge is -2.08. The average molecular weight is 268 g/mol. The largest absolute Gasteiger partial charge is 0.479 e. The number of aliphatic hydroxyl groups is 1. The number of benzene rings is 1. The highest BCUT2D eigenvalue weighted by atomic mass is 32.2. The lowest BCUT2D eigenvalue weighted by molar-refractivity contribution is -0.143. The highest BCUT2D eigenvalue weighted by molar-refractivity contribution is 7.95. The maximum Gasteiger partial charge on any atom is 0.337 e. The standard InChI is InChI=1S/C12H12O5S/c1-6-3-4-8-9(5-6)18(16,17)7(2)10(8)11(13)12(14)15/h3-5,11,13H,1-2H3,(H,14,15). The first kappa shape index (κ1) is 12.8. The Kier molecular flexibility index (Phi) is 2.79. The molecule has 1 aromatic carbocycles. The van der Waals surface area contributed by atoms with Crippen molar-refractivity contribution in [1.29, 1.82) is 0 Å². The van der Waals surface area contributed by atoms with Gasteiger partial charge in [-0.2, -0.15) is 0 Å². The summed E-state index contributed by atoms with van der Waals surface area (Å²) in [5, 5.41) is 18.5. The minimum Gasteiger partial charge on any atom is -0.479 e. The predicted molar refractivity (Wildman–Crippen MR) is 64.6 cm³/mol. The molecular formula is C12H12O5S. The van der Waals surface area contributed by atoms with E-state index in [4.69, 9.17) is 5.11 Å². The second-order valence-electron chi connectivity index (χ2n) is 4.21. The van der Waals surface area contributed by atoms with Crippen molar-refractivity contribution in [3.8, 4) is 0 Å². The third-order valence-electron chi connectivity index (χ3n) is 3.01. The Morgan fingerprint density at radius 1 is 1.28 bits per heavy atom. The van der Waals surface area contributed by atoms with E-state index in [0.717, 1.165) is 5.56 Å². The van der Waals surface area contributed by atoms with Crippen molar-refractivity contribution in [2.75, 3.05) is 0 Å².